The van der Waals surface area contributed by atoms with Crippen LogP contribution in [0.25, 0.3) is 0 Å². The number of aryl methyl sites for hydroxylation is 1. The molecule has 0 unspecified atom stereocenters. The van der Waals surface area contributed by atoms with Crippen molar-refractivity contribution in [2.75, 3.05) is 11.1 Å². The summed E-state index contributed by atoms with van der Waals surface area (Å²) in [6.07, 6.45) is 0.244. The average molecular weight is 256 g/mol. The highest BCUT2D eigenvalue weighted by atomic mass is 16.3. The second kappa shape index (κ2) is 5.44. The van der Waals surface area contributed by atoms with Gasteiger partial charge in [0, 0.05) is 5.69 Å². The van der Waals surface area contributed by atoms with E-state index in [2.05, 4.69) is 5.32 Å². The molecule has 1 amide bonds. The molecule has 0 aliphatic carbocycles. The van der Waals surface area contributed by atoms with Crippen LogP contribution in [0.15, 0.2) is 42.5 Å². The lowest BCUT2D eigenvalue weighted by molar-refractivity contribution is -0.115. The molecule has 98 valence electrons. The lowest BCUT2D eigenvalue weighted by Crippen LogP contribution is -2.14. The summed E-state index contributed by atoms with van der Waals surface area (Å²) in [5, 5.41) is 12.3. The average Bonchev–Trinajstić information content (AvgIpc) is 2.37. The van der Waals surface area contributed by atoms with Gasteiger partial charge in [0.1, 0.15) is 5.75 Å². The van der Waals surface area contributed by atoms with E-state index in [1.54, 1.807) is 30.3 Å². The van der Waals surface area contributed by atoms with Gasteiger partial charge in [-0.15, -0.1) is 0 Å². The van der Waals surface area contributed by atoms with Gasteiger partial charge in [-0.05, 0) is 42.3 Å². The Kier molecular flexibility index (Phi) is 3.71. The van der Waals surface area contributed by atoms with Gasteiger partial charge in [0.2, 0.25) is 5.91 Å². The lowest BCUT2D eigenvalue weighted by atomic mass is 10.1. The monoisotopic (exact) mass is 256 g/mol. The Morgan fingerprint density at radius 2 is 1.89 bits per heavy atom. The van der Waals surface area contributed by atoms with E-state index in [1.165, 1.54) is 0 Å². The number of benzene rings is 2. The molecule has 0 aromatic heterocycles. The minimum absolute atomic E-state index is 0.0660. The summed E-state index contributed by atoms with van der Waals surface area (Å²) in [7, 11) is 0. The summed E-state index contributed by atoms with van der Waals surface area (Å²) < 4.78 is 0. The van der Waals surface area contributed by atoms with Crippen molar-refractivity contribution in [3.63, 3.8) is 0 Å². The predicted molar refractivity (Wildman–Crippen MR) is 76.0 cm³/mol. The van der Waals surface area contributed by atoms with Crippen LogP contribution in [0, 0.1) is 6.92 Å². The fraction of sp³-hybridized carbons (Fsp3) is 0.133. The number of nitrogen functional groups attached to an aromatic ring is 1. The number of amides is 1. The van der Waals surface area contributed by atoms with Gasteiger partial charge in [0.15, 0.2) is 0 Å². The highest BCUT2D eigenvalue weighted by Gasteiger charge is 2.07. The first-order valence-corrected chi connectivity index (χ1v) is 5.98. The van der Waals surface area contributed by atoms with Crippen molar-refractivity contribution in [1.82, 2.24) is 0 Å². The van der Waals surface area contributed by atoms with E-state index in [9.17, 15) is 9.90 Å². The maximum atomic E-state index is 11.9. The molecule has 0 fully saturated rings. The van der Waals surface area contributed by atoms with E-state index in [-0.39, 0.29) is 18.1 Å². The molecule has 0 aliphatic rings. The number of rotatable bonds is 3. The molecular formula is C15H16N2O2. The summed E-state index contributed by atoms with van der Waals surface area (Å²) in [6, 6.07) is 12.2. The molecule has 19 heavy (non-hydrogen) atoms. The number of hydrogen-bond acceptors (Lipinski definition) is 3. The van der Waals surface area contributed by atoms with Gasteiger partial charge in [-0.2, -0.15) is 0 Å². The zero-order chi connectivity index (χ0) is 13.8. The SMILES string of the molecule is Cc1ccc(O)c(NC(=O)Cc2ccc(N)cc2)c1. The summed E-state index contributed by atoms with van der Waals surface area (Å²) in [5.74, 6) is -0.109. The van der Waals surface area contributed by atoms with E-state index in [1.807, 2.05) is 19.1 Å². The smallest absolute Gasteiger partial charge is 0.228 e. The Bertz CT molecular complexity index is 592. The molecule has 4 N–H and O–H groups in total. The molecule has 4 heteroatoms. The van der Waals surface area contributed by atoms with Crippen LogP contribution in [-0.4, -0.2) is 11.0 Å². The number of carbonyl (C=O) groups is 1. The Morgan fingerprint density at radius 3 is 2.58 bits per heavy atom. The number of phenolic OH excluding ortho intramolecular Hbond substituents is 1. The summed E-state index contributed by atoms with van der Waals surface area (Å²) in [6.45, 7) is 1.90. The van der Waals surface area contributed by atoms with Crippen LogP contribution in [0.1, 0.15) is 11.1 Å². The van der Waals surface area contributed by atoms with Crippen molar-refractivity contribution in [2.24, 2.45) is 0 Å². The molecule has 0 bridgehead atoms. The maximum Gasteiger partial charge on any atom is 0.228 e. The number of carbonyl (C=O) groups excluding carboxylic acids is 1. The standard InChI is InChI=1S/C15H16N2O2/c1-10-2-7-14(18)13(8-10)17-15(19)9-11-3-5-12(16)6-4-11/h2-8,18H,9,16H2,1H3,(H,17,19). The third kappa shape index (κ3) is 3.48. The number of phenols is 1. The quantitative estimate of drug-likeness (QED) is 0.583. The van der Waals surface area contributed by atoms with Crippen molar-refractivity contribution >= 4 is 17.3 Å². The zero-order valence-electron chi connectivity index (χ0n) is 10.7. The largest absolute Gasteiger partial charge is 0.506 e. The Balaban J connectivity index is 2.05. The first-order chi connectivity index (χ1) is 9.04. The topological polar surface area (TPSA) is 75.3 Å². The molecule has 0 heterocycles. The third-order valence-corrected chi connectivity index (χ3v) is 2.77. The lowest BCUT2D eigenvalue weighted by Gasteiger charge is -2.08. The minimum Gasteiger partial charge on any atom is -0.506 e. The first kappa shape index (κ1) is 13.0. The normalized spacial score (nSPS) is 10.2. The number of nitrogens with two attached hydrogens (primary N) is 1. The van der Waals surface area contributed by atoms with E-state index in [0.717, 1.165) is 11.1 Å². The Morgan fingerprint density at radius 1 is 1.21 bits per heavy atom. The van der Waals surface area contributed by atoms with Crippen LogP contribution in [0.3, 0.4) is 0 Å². The number of anilines is 2. The van der Waals surface area contributed by atoms with Gasteiger partial charge in [-0.3, -0.25) is 4.79 Å². The fourth-order valence-corrected chi connectivity index (χ4v) is 1.77. The number of nitrogens with one attached hydrogen (secondary N) is 1. The van der Waals surface area contributed by atoms with Crippen molar-refractivity contribution in [1.29, 1.82) is 0 Å². The molecule has 2 rings (SSSR count). The molecule has 0 aliphatic heterocycles. The molecule has 0 saturated carbocycles. The maximum absolute atomic E-state index is 11.9. The second-order valence-corrected chi connectivity index (χ2v) is 4.49. The van der Waals surface area contributed by atoms with Gasteiger partial charge >= 0.3 is 0 Å². The Labute approximate surface area is 111 Å². The third-order valence-electron chi connectivity index (χ3n) is 2.77. The van der Waals surface area contributed by atoms with Gasteiger partial charge < -0.3 is 16.2 Å². The molecule has 0 radical (unpaired) electrons. The van der Waals surface area contributed by atoms with Crippen LogP contribution in [0.5, 0.6) is 5.75 Å². The first-order valence-electron chi connectivity index (χ1n) is 5.98. The van der Waals surface area contributed by atoms with Crippen LogP contribution in [0.4, 0.5) is 11.4 Å². The molecule has 2 aromatic rings. The number of hydrogen-bond donors (Lipinski definition) is 3. The Hall–Kier alpha value is -2.49. The highest BCUT2D eigenvalue weighted by Crippen LogP contribution is 2.24. The summed E-state index contributed by atoms with van der Waals surface area (Å²) in [4.78, 5) is 11.9. The van der Waals surface area contributed by atoms with E-state index < -0.39 is 0 Å². The molecule has 2 aromatic carbocycles. The van der Waals surface area contributed by atoms with Gasteiger partial charge in [-0.25, -0.2) is 0 Å². The van der Waals surface area contributed by atoms with Gasteiger partial charge in [0.05, 0.1) is 12.1 Å². The van der Waals surface area contributed by atoms with Crippen molar-refractivity contribution in [3.05, 3.63) is 53.6 Å². The highest BCUT2D eigenvalue weighted by molar-refractivity contribution is 5.93. The number of aromatic hydroxyl groups is 1. The molecular weight excluding hydrogens is 240 g/mol. The molecule has 4 nitrogen and oxygen atoms in total. The predicted octanol–water partition coefficient (Wildman–Crippen LogP) is 2.46. The van der Waals surface area contributed by atoms with E-state index in [0.29, 0.717) is 11.4 Å². The van der Waals surface area contributed by atoms with Crippen LogP contribution in [0.2, 0.25) is 0 Å². The van der Waals surface area contributed by atoms with E-state index >= 15 is 0 Å². The summed E-state index contributed by atoms with van der Waals surface area (Å²) >= 11 is 0. The summed E-state index contributed by atoms with van der Waals surface area (Å²) in [5.41, 5.74) is 8.53. The van der Waals surface area contributed by atoms with E-state index in [4.69, 9.17) is 5.73 Å². The minimum atomic E-state index is -0.175. The van der Waals surface area contributed by atoms with Gasteiger partial charge in [0.25, 0.3) is 0 Å². The zero-order valence-corrected chi connectivity index (χ0v) is 10.7. The van der Waals surface area contributed by atoms with Gasteiger partial charge in [-0.1, -0.05) is 18.2 Å². The molecule has 0 atom stereocenters. The van der Waals surface area contributed by atoms with Crippen LogP contribution < -0.4 is 11.1 Å². The fourth-order valence-electron chi connectivity index (χ4n) is 1.77. The van der Waals surface area contributed by atoms with Crippen LogP contribution >= 0.6 is 0 Å². The second-order valence-electron chi connectivity index (χ2n) is 4.49. The molecule has 0 saturated heterocycles. The van der Waals surface area contributed by atoms with Crippen LogP contribution in [-0.2, 0) is 11.2 Å². The molecule has 0 spiro atoms. The van der Waals surface area contributed by atoms with Crippen molar-refractivity contribution in [3.8, 4) is 5.75 Å². The van der Waals surface area contributed by atoms with Crippen molar-refractivity contribution in [2.45, 2.75) is 13.3 Å². The van der Waals surface area contributed by atoms with Crippen molar-refractivity contribution < 1.29 is 9.90 Å².